The molecule has 0 aromatic rings. The van der Waals surface area contributed by atoms with Crippen molar-refractivity contribution in [1.29, 1.82) is 0 Å². The summed E-state index contributed by atoms with van der Waals surface area (Å²) < 4.78 is 0. The minimum atomic E-state index is 0.367. The highest BCUT2D eigenvalue weighted by Crippen LogP contribution is 2.29. The SMILES string of the molecule is CC(C)(C)N1C[C@@H]2CCN[C@@H]2C1. The molecule has 0 saturated carbocycles. The lowest BCUT2D eigenvalue weighted by Gasteiger charge is -2.32. The number of nitrogens with one attached hydrogen (secondary N) is 1. The molecule has 1 N–H and O–H groups in total. The average molecular weight is 168 g/mol. The first-order valence-electron chi connectivity index (χ1n) is 5.06. The molecule has 2 fully saturated rings. The van der Waals surface area contributed by atoms with Gasteiger partial charge in [-0.3, -0.25) is 4.90 Å². The second kappa shape index (κ2) is 2.71. The van der Waals surface area contributed by atoms with Gasteiger partial charge in [-0.05, 0) is 39.7 Å². The zero-order valence-electron chi connectivity index (χ0n) is 8.43. The molecule has 0 aliphatic carbocycles. The monoisotopic (exact) mass is 168 g/mol. The van der Waals surface area contributed by atoms with E-state index in [0.717, 1.165) is 12.0 Å². The van der Waals surface area contributed by atoms with E-state index in [1.165, 1.54) is 26.1 Å². The van der Waals surface area contributed by atoms with E-state index in [1.54, 1.807) is 0 Å². The van der Waals surface area contributed by atoms with Crippen molar-refractivity contribution in [3.8, 4) is 0 Å². The highest BCUT2D eigenvalue weighted by Gasteiger charge is 2.39. The molecule has 2 aliphatic heterocycles. The zero-order chi connectivity index (χ0) is 8.77. The first-order valence-corrected chi connectivity index (χ1v) is 5.06. The Morgan fingerprint density at radius 2 is 2.00 bits per heavy atom. The van der Waals surface area contributed by atoms with Crippen LogP contribution in [0.4, 0.5) is 0 Å². The molecule has 2 aliphatic rings. The van der Waals surface area contributed by atoms with Gasteiger partial charge in [0.05, 0.1) is 0 Å². The average Bonchev–Trinajstić information content (AvgIpc) is 2.37. The van der Waals surface area contributed by atoms with Crippen LogP contribution >= 0.6 is 0 Å². The van der Waals surface area contributed by atoms with Gasteiger partial charge in [0.2, 0.25) is 0 Å². The van der Waals surface area contributed by atoms with Gasteiger partial charge in [0.15, 0.2) is 0 Å². The Labute approximate surface area is 75.3 Å². The van der Waals surface area contributed by atoms with Crippen molar-refractivity contribution in [3.05, 3.63) is 0 Å². The summed E-state index contributed by atoms with van der Waals surface area (Å²) >= 11 is 0. The van der Waals surface area contributed by atoms with Crippen LogP contribution in [0.2, 0.25) is 0 Å². The van der Waals surface area contributed by atoms with Crippen LogP contribution in [0.15, 0.2) is 0 Å². The van der Waals surface area contributed by atoms with Gasteiger partial charge in [-0.25, -0.2) is 0 Å². The van der Waals surface area contributed by atoms with Crippen molar-refractivity contribution in [1.82, 2.24) is 10.2 Å². The Morgan fingerprint density at radius 1 is 1.25 bits per heavy atom. The Kier molecular flexibility index (Phi) is 1.92. The second-order valence-corrected chi connectivity index (χ2v) is 5.19. The molecule has 0 bridgehead atoms. The lowest BCUT2D eigenvalue weighted by molar-refractivity contribution is 0.163. The minimum Gasteiger partial charge on any atom is -0.312 e. The third-order valence-electron chi connectivity index (χ3n) is 3.31. The molecule has 0 spiro atoms. The van der Waals surface area contributed by atoms with E-state index in [2.05, 4.69) is 31.0 Å². The van der Waals surface area contributed by atoms with E-state index < -0.39 is 0 Å². The van der Waals surface area contributed by atoms with Crippen LogP contribution in [0.25, 0.3) is 0 Å². The van der Waals surface area contributed by atoms with Gasteiger partial charge in [-0.1, -0.05) is 0 Å². The maximum absolute atomic E-state index is 3.58. The van der Waals surface area contributed by atoms with Crippen molar-refractivity contribution >= 4 is 0 Å². The maximum Gasteiger partial charge on any atom is 0.0236 e. The van der Waals surface area contributed by atoms with Crippen molar-refractivity contribution in [3.63, 3.8) is 0 Å². The van der Waals surface area contributed by atoms with Crippen molar-refractivity contribution in [2.75, 3.05) is 19.6 Å². The van der Waals surface area contributed by atoms with E-state index in [1.807, 2.05) is 0 Å². The molecule has 0 radical (unpaired) electrons. The number of nitrogens with zero attached hydrogens (tertiary/aromatic N) is 1. The van der Waals surface area contributed by atoms with Gasteiger partial charge in [-0.15, -0.1) is 0 Å². The second-order valence-electron chi connectivity index (χ2n) is 5.19. The van der Waals surface area contributed by atoms with Crippen LogP contribution in [0.3, 0.4) is 0 Å². The van der Waals surface area contributed by atoms with E-state index in [4.69, 9.17) is 0 Å². The molecular formula is C10H20N2. The molecule has 2 saturated heterocycles. The lowest BCUT2D eigenvalue weighted by Crippen LogP contribution is -2.41. The number of likely N-dealkylation sites (tertiary alicyclic amines) is 1. The molecule has 2 heterocycles. The Morgan fingerprint density at radius 3 is 2.58 bits per heavy atom. The van der Waals surface area contributed by atoms with Crippen LogP contribution in [0.1, 0.15) is 27.2 Å². The number of fused-ring (bicyclic) bond motifs is 1. The summed E-state index contributed by atoms with van der Waals surface area (Å²) in [5.74, 6) is 0.934. The van der Waals surface area contributed by atoms with Gasteiger partial charge < -0.3 is 5.32 Å². The Bertz CT molecular complexity index is 159. The zero-order valence-corrected chi connectivity index (χ0v) is 8.43. The summed E-state index contributed by atoms with van der Waals surface area (Å²) in [5.41, 5.74) is 0.367. The molecule has 0 aromatic carbocycles. The maximum atomic E-state index is 3.58. The summed E-state index contributed by atoms with van der Waals surface area (Å²) in [4.78, 5) is 2.61. The fourth-order valence-corrected chi connectivity index (χ4v) is 2.40. The molecule has 0 amide bonds. The van der Waals surface area contributed by atoms with E-state index >= 15 is 0 Å². The highest BCUT2D eigenvalue weighted by atomic mass is 15.2. The van der Waals surface area contributed by atoms with E-state index in [9.17, 15) is 0 Å². The van der Waals surface area contributed by atoms with E-state index in [0.29, 0.717) is 5.54 Å². The quantitative estimate of drug-likeness (QED) is 0.582. The Balaban J connectivity index is 1.99. The van der Waals surface area contributed by atoms with Crippen molar-refractivity contribution in [2.45, 2.75) is 38.8 Å². The molecule has 2 heteroatoms. The predicted molar refractivity (Wildman–Crippen MR) is 51.2 cm³/mol. The standard InChI is InChI=1S/C10H20N2/c1-10(2,3)12-6-8-4-5-11-9(8)7-12/h8-9,11H,4-7H2,1-3H3/t8-,9+/m0/s1. The molecule has 12 heavy (non-hydrogen) atoms. The summed E-state index contributed by atoms with van der Waals surface area (Å²) in [7, 11) is 0. The smallest absolute Gasteiger partial charge is 0.0236 e. The topological polar surface area (TPSA) is 15.3 Å². The fraction of sp³-hybridized carbons (Fsp3) is 1.00. The minimum absolute atomic E-state index is 0.367. The first-order chi connectivity index (χ1) is 5.57. The third kappa shape index (κ3) is 1.38. The number of rotatable bonds is 0. The van der Waals surface area contributed by atoms with Gasteiger partial charge in [0, 0.05) is 24.7 Å². The first kappa shape index (κ1) is 8.52. The van der Waals surface area contributed by atoms with Crippen molar-refractivity contribution < 1.29 is 0 Å². The van der Waals surface area contributed by atoms with Crippen LogP contribution in [0, 0.1) is 5.92 Å². The van der Waals surface area contributed by atoms with Crippen LogP contribution in [0.5, 0.6) is 0 Å². The largest absolute Gasteiger partial charge is 0.312 e. The lowest BCUT2D eigenvalue weighted by atomic mass is 10.0. The van der Waals surface area contributed by atoms with Gasteiger partial charge in [0.1, 0.15) is 0 Å². The molecule has 70 valence electrons. The number of hydrogen-bond acceptors (Lipinski definition) is 2. The van der Waals surface area contributed by atoms with Gasteiger partial charge >= 0.3 is 0 Å². The predicted octanol–water partition coefficient (Wildman–Crippen LogP) is 1.08. The molecule has 2 rings (SSSR count). The Hall–Kier alpha value is -0.0800. The van der Waals surface area contributed by atoms with Crippen LogP contribution in [-0.4, -0.2) is 36.1 Å². The van der Waals surface area contributed by atoms with Crippen LogP contribution in [-0.2, 0) is 0 Å². The summed E-state index contributed by atoms with van der Waals surface area (Å²) in [5, 5.41) is 3.58. The molecule has 2 atom stereocenters. The normalized spacial score (nSPS) is 37.2. The van der Waals surface area contributed by atoms with Crippen molar-refractivity contribution in [2.24, 2.45) is 5.92 Å². The molecular weight excluding hydrogens is 148 g/mol. The number of hydrogen-bond donors (Lipinski definition) is 1. The molecule has 0 unspecified atom stereocenters. The summed E-state index contributed by atoms with van der Waals surface area (Å²) in [6.45, 7) is 10.7. The third-order valence-corrected chi connectivity index (χ3v) is 3.31. The van der Waals surface area contributed by atoms with Gasteiger partial charge in [-0.2, -0.15) is 0 Å². The summed E-state index contributed by atoms with van der Waals surface area (Å²) in [6, 6.07) is 0.796. The fourth-order valence-electron chi connectivity index (χ4n) is 2.40. The highest BCUT2D eigenvalue weighted by molar-refractivity contribution is 4.97. The van der Waals surface area contributed by atoms with E-state index in [-0.39, 0.29) is 0 Å². The summed E-state index contributed by atoms with van der Waals surface area (Å²) in [6.07, 6.45) is 1.39. The molecule has 0 aromatic heterocycles. The molecule has 2 nitrogen and oxygen atoms in total. The van der Waals surface area contributed by atoms with Gasteiger partial charge in [0.25, 0.3) is 0 Å². The van der Waals surface area contributed by atoms with Crippen LogP contribution < -0.4 is 5.32 Å².